The zero-order valence-corrected chi connectivity index (χ0v) is 8.94. The van der Waals surface area contributed by atoms with Gasteiger partial charge in [0.25, 0.3) is 0 Å². The fourth-order valence-corrected chi connectivity index (χ4v) is 2.29. The summed E-state index contributed by atoms with van der Waals surface area (Å²) < 4.78 is 0. The molecule has 3 nitrogen and oxygen atoms in total. The molecule has 0 spiro atoms. The first-order valence-corrected chi connectivity index (χ1v) is 5.72. The van der Waals surface area contributed by atoms with Crippen molar-refractivity contribution in [2.75, 3.05) is 13.1 Å². The van der Waals surface area contributed by atoms with Crippen molar-refractivity contribution in [2.45, 2.75) is 45.1 Å². The summed E-state index contributed by atoms with van der Waals surface area (Å²) in [6.45, 7) is 4.00. The molecule has 1 saturated carbocycles. The van der Waals surface area contributed by atoms with Gasteiger partial charge in [-0.05, 0) is 32.2 Å². The number of rotatable bonds is 3. The van der Waals surface area contributed by atoms with E-state index in [1.807, 2.05) is 0 Å². The van der Waals surface area contributed by atoms with E-state index in [0.717, 1.165) is 25.9 Å². The maximum Gasteiger partial charge on any atom is 0.225 e. The molecule has 1 heterocycles. The molecule has 0 aromatic heterocycles. The van der Waals surface area contributed by atoms with E-state index < -0.39 is 0 Å². The normalized spacial score (nSPS) is 29.6. The summed E-state index contributed by atoms with van der Waals surface area (Å²) in [6, 6.07) is 0.516. The zero-order chi connectivity index (χ0) is 10.0. The Labute approximate surface area is 85.6 Å². The second-order valence-corrected chi connectivity index (χ2v) is 4.92. The van der Waals surface area contributed by atoms with E-state index in [9.17, 15) is 4.79 Å². The fraction of sp³-hybridized carbons (Fsp3) is 0.909. The van der Waals surface area contributed by atoms with E-state index in [1.54, 1.807) is 0 Å². The largest absolute Gasteiger partial charge is 0.354 e. The third-order valence-corrected chi connectivity index (χ3v) is 3.68. The maximum absolute atomic E-state index is 11.8. The van der Waals surface area contributed by atoms with E-state index in [4.69, 9.17) is 0 Å². The minimum absolute atomic E-state index is 0.0431. The summed E-state index contributed by atoms with van der Waals surface area (Å²) in [6.07, 6.45) is 5.80. The van der Waals surface area contributed by atoms with E-state index >= 15 is 0 Å². The number of hydrogen-bond donors (Lipinski definition) is 2. The highest BCUT2D eigenvalue weighted by Gasteiger charge is 2.39. The van der Waals surface area contributed by atoms with Gasteiger partial charge in [0.1, 0.15) is 0 Å². The van der Waals surface area contributed by atoms with Crippen LogP contribution in [0.1, 0.15) is 39.0 Å². The lowest BCUT2D eigenvalue weighted by Gasteiger charge is -2.36. The highest BCUT2D eigenvalue weighted by molar-refractivity contribution is 5.83. The van der Waals surface area contributed by atoms with Gasteiger partial charge in [0.05, 0.1) is 0 Å². The summed E-state index contributed by atoms with van der Waals surface area (Å²) in [7, 11) is 0. The van der Waals surface area contributed by atoms with Crippen LogP contribution in [0.4, 0.5) is 0 Å². The number of carbonyl (C=O) groups excluding carboxylic acids is 1. The second kappa shape index (κ2) is 3.89. The SMILES string of the molecule is CC1(C(=O)NCC2CCCN2)CCC1. The molecule has 0 bridgehead atoms. The standard InChI is InChI=1S/C11H20N2O/c1-11(5-3-6-11)10(14)13-8-9-4-2-7-12-9/h9,12H,2-8H2,1H3,(H,13,14). The second-order valence-electron chi connectivity index (χ2n) is 4.92. The van der Waals surface area contributed by atoms with Crippen LogP contribution >= 0.6 is 0 Å². The summed E-state index contributed by atoms with van der Waals surface area (Å²) >= 11 is 0. The van der Waals surface area contributed by atoms with E-state index in [1.165, 1.54) is 19.3 Å². The summed E-state index contributed by atoms with van der Waals surface area (Å²) in [4.78, 5) is 11.8. The lowest BCUT2D eigenvalue weighted by Crippen LogP contribution is -2.47. The summed E-state index contributed by atoms with van der Waals surface area (Å²) in [5, 5.41) is 6.45. The quantitative estimate of drug-likeness (QED) is 0.708. The number of carbonyl (C=O) groups is 1. The van der Waals surface area contributed by atoms with Crippen LogP contribution in [-0.2, 0) is 4.79 Å². The molecule has 2 N–H and O–H groups in total. The molecule has 3 heteroatoms. The van der Waals surface area contributed by atoms with Gasteiger partial charge in [-0.15, -0.1) is 0 Å². The number of hydrogen-bond acceptors (Lipinski definition) is 2. The van der Waals surface area contributed by atoms with Gasteiger partial charge >= 0.3 is 0 Å². The van der Waals surface area contributed by atoms with Gasteiger partial charge in [0.15, 0.2) is 0 Å². The first-order chi connectivity index (χ1) is 6.71. The average Bonchev–Trinajstić information content (AvgIpc) is 2.62. The highest BCUT2D eigenvalue weighted by Crippen LogP contribution is 2.40. The molecule has 1 saturated heterocycles. The van der Waals surface area contributed by atoms with Gasteiger partial charge in [0, 0.05) is 18.0 Å². The molecular formula is C11H20N2O. The first-order valence-electron chi connectivity index (χ1n) is 5.72. The molecule has 14 heavy (non-hydrogen) atoms. The summed E-state index contributed by atoms with van der Waals surface area (Å²) in [5.41, 5.74) is -0.0431. The zero-order valence-electron chi connectivity index (χ0n) is 8.94. The van der Waals surface area contributed by atoms with Crippen molar-refractivity contribution in [2.24, 2.45) is 5.41 Å². The maximum atomic E-state index is 11.8. The molecule has 2 rings (SSSR count). The Bertz CT molecular complexity index is 217. The fourth-order valence-electron chi connectivity index (χ4n) is 2.29. The Kier molecular flexibility index (Phi) is 2.77. The molecule has 2 fully saturated rings. The van der Waals surface area contributed by atoms with Gasteiger partial charge < -0.3 is 10.6 Å². The Hall–Kier alpha value is -0.570. The van der Waals surface area contributed by atoms with E-state index in [2.05, 4.69) is 17.6 Å². The van der Waals surface area contributed by atoms with Crippen LogP contribution in [0.2, 0.25) is 0 Å². The van der Waals surface area contributed by atoms with Gasteiger partial charge in [-0.3, -0.25) is 4.79 Å². The van der Waals surface area contributed by atoms with Crippen LogP contribution in [-0.4, -0.2) is 25.0 Å². The predicted octanol–water partition coefficient (Wildman–Crippen LogP) is 1.04. The Morgan fingerprint density at radius 1 is 1.50 bits per heavy atom. The lowest BCUT2D eigenvalue weighted by molar-refractivity contribution is -0.134. The molecule has 1 aliphatic carbocycles. The molecule has 2 aliphatic rings. The van der Waals surface area contributed by atoms with Crippen molar-refractivity contribution >= 4 is 5.91 Å². The van der Waals surface area contributed by atoms with E-state index in [0.29, 0.717) is 6.04 Å². The predicted molar refractivity (Wildman–Crippen MR) is 56.0 cm³/mol. The Morgan fingerprint density at radius 2 is 2.29 bits per heavy atom. The molecule has 1 aliphatic heterocycles. The van der Waals surface area contributed by atoms with Crippen LogP contribution < -0.4 is 10.6 Å². The molecule has 1 atom stereocenters. The van der Waals surface area contributed by atoms with Crippen LogP contribution in [0.25, 0.3) is 0 Å². The minimum atomic E-state index is -0.0431. The monoisotopic (exact) mass is 196 g/mol. The van der Waals surface area contributed by atoms with Crippen LogP contribution in [0.5, 0.6) is 0 Å². The minimum Gasteiger partial charge on any atom is -0.354 e. The van der Waals surface area contributed by atoms with Crippen LogP contribution in [0.15, 0.2) is 0 Å². The molecule has 1 unspecified atom stereocenters. The summed E-state index contributed by atoms with van der Waals surface area (Å²) in [5.74, 6) is 0.262. The number of nitrogens with one attached hydrogen (secondary N) is 2. The molecule has 0 aromatic carbocycles. The van der Waals surface area contributed by atoms with Crippen molar-refractivity contribution in [3.63, 3.8) is 0 Å². The van der Waals surface area contributed by atoms with Gasteiger partial charge in [-0.25, -0.2) is 0 Å². The van der Waals surface area contributed by atoms with Crippen molar-refractivity contribution in [3.8, 4) is 0 Å². The topological polar surface area (TPSA) is 41.1 Å². The van der Waals surface area contributed by atoms with Gasteiger partial charge in [0.2, 0.25) is 5.91 Å². The Balaban J connectivity index is 1.71. The lowest BCUT2D eigenvalue weighted by atomic mass is 9.70. The van der Waals surface area contributed by atoms with Gasteiger partial charge in [-0.1, -0.05) is 13.3 Å². The molecule has 0 radical (unpaired) electrons. The third-order valence-electron chi connectivity index (χ3n) is 3.68. The van der Waals surface area contributed by atoms with Crippen molar-refractivity contribution in [1.29, 1.82) is 0 Å². The third kappa shape index (κ3) is 1.92. The molecule has 80 valence electrons. The van der Waals surface area contributed by atoms with Gasteiger partial charge in [-0.2, -0.15) is 0 Å². The molecule has 0 aromatic rings. The van der Waals surface area contributed by atoms with Crippen LogP contribution in [0, 0.1) is 5.41 Å². The van der Waals surface area contributed by atoms with Crippen molar-refractivity contribution < 1.29 is 4.79 Å². The van der Waals surface area contributed by atoms with E-state index in [-0.39, 0.29) is 11.3 Å². The Morgan fingerprint density at radius 3 is 2.79 bits per heavy atom. The first kappa shape index (κ1) is 9.97. The van der Waals surface area contributed by atoms with Crippen LogP contribution in [0.3, 0.4) is 0 Å². The average molecular weight is 196 g/mol. The molecule has 1 amide bonds. The van der Waals surface area contributed by atoms with Crippen molar-refractivity contribution in [1.82, 2.24) is 10.6 Å². The molecular weight excluding hydrogens is 176 g/mol. The highest BCUT2D eigenvalue weighted by atomic mass is 16.2. The van der Waals surface area contributed by atoms with Crippen molar-refractivity contribution in [3.05, 3.63) is 0 Å². The number of amides is 1. The smallest absolute Gasteiger partial charge is 0.225 e.